The highest BCUT2D eigenvalue weighted by Gasteiger charge is 2.21. The third kappa shape index (κ3) is 4.85. The van der Waals surface area contributed by atoms with Crippen LogP contribution in [0.1, 0.15) is 5.56 Å². The smallest absolute Gasteiger partial charge is 0.267 e. The van der Waals surface area contributed by atoms with Gasteiger partial charge in [-0.05, 0) is 54.1 Å². The molecule has 146 valence electrons. The van der Waals surface area contributed by atoms with Gasteiger partial charge in [0.15, 0.2) is 11.7 Å². The van der Waals surface area contributed by atoms with Crippen LogP contribution < -0.4 is 9.64 Å². The predicted octanol–water partition coefficient (Wildman–Crippen LogP) is 5.61. The standard InChI is InChI=1S/C21H15Cl2N3O2S/c22-15-3-6-17(7-4-15)28-13-20(27)26(12-14-2-1-9-24-11-14)21-25-18-8-5-16(23)10-19(18)29-21/h1-11H,12-13H2. The first-order chi connectivity index (χ1) is 14.1. The third-order valence-electron chi connectivity index (χ3n) is 4.11. The Balaban J connectivity index is 1.59. The van der Waals surface area contributed by atoms with E-state index in [-0.39, 0.29) is 12.5 Å². The van der Waals surface area contributed by atoms with Crippen molar-refractivity contribution >= 4 is 55.8 Å². The number of pyridine rings is 1. The first-order valence-corrected chi connectivity index (χ1v) is 10.3. The van der Waals surface area contributed by atoms with Crippen molar-refractivity contribution < 1.29 is 9.53 Å². The average Bonchev–Trinajstić information content (AvgIpc) is 3.15. The largest absolute Gasteiger partial charge is 0.484 e. The van der Waals surface area contributed by atoms with Crippen molar-refractivity contribution in [3.8, 4) is 5.75 Å². The van der Waals surface area contributed by atoms with Crippen LogP contribution in [0.2, 0.25) is 10.0 Å². The molecule has 0 N–H and O–H groups in total. The second kappa shape index (κ2) is 8.78. The van der Waals surface area contributed by atoms with Crippen molar-refractivity contribution in [3.63, 3.8) is 0 Å². The highest BCUT2D eigenvalue weighted by atomic mass is 35.5. The van der Waals surface area contributed by atoms with Gasteiger partial charge in [-0.1, -0.05) is 40.6 Å². The first kappa shape index (κ1) is 19.6. The van der Waals surface area contributed by atoms with Gasteiger partial charge < -0.3 is 4.74 Å². The van der Waals surface area contributed by atoms with Gasteiger partial charge >= 0.3 is 0 Å². The van der Waals surface area contributed by atoms with Crippen LogP contribution in [0, 0.1) is 0 Å². The van der Waals surface area contributed by atoms with E-state index in [1.54, 1.807) is 47.6 Å². The summed E-state index contributed by atoms with van der Waals surface area (Å²) in [6, 6.07) is 16.1. The van der Waals surface area contributed by atoms with E-state index < -0.39 is 0 Å². The summed E-state index contributed by atoms with van der Waals surface area (Å²) < 4.78 is 6.56. The lowest BCUT2D eigenvalue weighted by Crippen LogP contribution is -2.34. The number of halogens is 2. The lowest BCUT2D eigenvalue weighted by atomic mass is 10.2. The Labute approximate surface area is 181 Å². The summed E-state index contributed by atoms with van der Waals surface area (Å²) in [5, 5.41) is 1.81. The normalized spacial score (nSPS) is 10.8. The number of aromatic nitrogens is 2. The summed E-state index contributed by atoms with van der Waals surface area (Å²) in [5.74, 6) is 0.356. The van der Waals surface area contributed by atoms with Crippen molar-refractivity contribution in [3.05, 3.63) is 82.6 Å². The maximum Gasteiger partial charge on any atom is 0.267 e. The minimum Gasteiger partial charge on any atom is -0.484 e. The molecule has 5 nitrogen and oxygen atoms in total. The van der Waals surface area contributed by atoms with E-state index in [2.05, 4.69) is 9.97 Å². The minimum absolute atomic E-state index is 0.126. The molecule has 0 bridgehead atoms. The molecule has 4 aromatic rings. The van der Waals surface area contributed by atoms with Gasteiger partial charge in [0, 0.05) is 22.4 Å². The summed E-state index contributed by atoms with van der Waals surface area (Å²) in [6.45, 7) is 0.211. The summed E-state index contributed by atoms with van der Waals surface area (Å²) in [4.78, 5) is 23.4. The van der Waals surface area contributed by atoms with Gasteiger partial charge in [0.1, 0.15) is 5.75 Å². The fourth-order valence-corrected chi connectivity index (χ4v) is 4.08. The molecule has 0 spiro atoms. The van der Waals surface area contributed by atoms with Gasteiger partial charge in [-0.3, -0.25) is 14.7 Å². The summed E-state index contributed by atoms with van der Waals surface area (Å²) in [7, 11) is 0. The molecule has 0 aliphatic carbocycles. The molecule has 0 saturated heterocycles. The summed E-state index contributed by atoms with van der Waals surface area (Å²) in [5.41, 5.74) is 1.68. The minimum atomic E-state index is -0.214. The second-order valence-electron chi connectivity index (χ2n) is 6.19. The van der Waals surface area contributed by atoms with Crippen LogP contribution in [0.25, 0.3) is 10.2 Å². The van der Waals surface area contributed by atoms with Gasteiger partial charge in [-0.25, -0.2) is 4.98 Å². The third-order valence-corrected chi connectivity index (χ3v) is 5.64. The number of nitrogens with zero attached hydrogens (tertiary/aromatic N) is 3. The van der Waals surface area contributed by atoms with Gasteiger partial charge in [0.05, 0.1) is 16.8 Å². The molecule has 2 heterocycles. The Kier molecular flexibility index (Phi) is 5.94. The molecule has 2 aromatic carbocycles. The van der Waals surface area contributed by atoms with Crippen molar-refractivity contribution in [2.24, 2.45) is 0 Å². The second-order valence-corrected chi connectivity index (χ2v) is 8.07. The lowest BCUT2D eigenvalue weighted by molar-refractivity contribution is -0.120. The zero-order valence-corrected chi connectivity index (χ0v) is 17.4. The van der Waals surface area contributed by atoms with E-state index in [0.29, 0.717) is 27.5 Å². The highest BCUT2D eigenvalue weighted by molar-refractivity contribution is 7.22. The predicted molar refractivity (Wildman–Crippen MR) is 117 cm³/mol. The fraction of sp³-hybridized carbons (Fsp3) is 0.0952. The molecule has 0 atom stereocenters. The Morgan fingerprint density at radius 1 is 1.07 bits per heavy atom. The molecule has 0 fully saturated rings. The Hall–Kier alpha value is -2.67. The number of ether oxygens (including phenoxy) is 1. The van der Waals surface area contributed by atoms with E-state index in [0.717, 1.165) is 15.8 Å². The molecule has 0 unspecified atom stereocenters. The van der Waals surface area contributed by atoms with E-state index in [4.69, 9.17) is 27.9 Å². The lowest BCUT2D eigenvalue weighted by Gasteiger charge is -2.20. The van der Waals surface area contributed by atoms with Crippen LogP contribution in [-0.4, -0.2) is 22.5 Å². The SMILES string of the molecule is O=C(COc1ccc(Cl)cc1)N(Cc1cccnc1)c1nc2ccc(Cl)cc2s1. The zero-order valence-electron chi connectivity index (χ0n) is 15.1. The maximum atomic E-state index is 13.0. The van der Waals surface area contributed by atoms with E-state index in [9.17, 15) is 4.79 Å². The van der Waals surface area contributed by atoms with Crippen molar-refractivity contribution in [2.45, 2.75) is 6.54 Å². The van der Waals surface area contributed by atoms with Crippen LogP contribution in [0.3, 0.4) is 0 Å². The number of carbonyl (C=O) groups excluding carboxylic acids is 1. The molecule has 0 aliphatic rings. The number of fused-ring (bicyclic) bond motifs is 1. The number of rotatable bonds is 6. The molecule has 29 heavy (non-hydrogen) atoms. The number of anilines is 1. The fourth-order valence-electron chi connectivity index (χ4n) is 2.69. The van der Waals surface area contributed by atoms with Crippen molar-refractivity contribution in [2.75, 3.05) is 11.5 Å². The molecule has 4 rings (SSSR count). The topological polar surface area (TPSA) is 55.3 Å². The van der Waals surface area contributed by atoms with Crippen LogP contribution in [0.5, 0.6) is 5.75 Å². The molecule has 1 amide bonds. The van der Waals surface area contributed by atoms with Crippen molar-refractivity contribution in [1.29, 1.82) is 0 Å². The van der Waals surface area contributed by atoms with Gasteiger partial charge in [0.2, 0.25) is 0 Å². The summed E-state index contributed by atoms with van der Waals surface area (Å²) in [6.07, 6.45) is 3.42. The van der Waals surface area contributed by atoms with E-state index in [1.165, 1.54) is 11.3 Å². The van der Waals surface area contributed by atoms with Gasteiger partial charge in [-0.15, -0.1) is 0 Å². The Morgan fingerprint density at radius 2 is 1.86 bits per heavy atom. The number of hydrogen-bond acceptors (Lipinski definition) is 5. The molecule has 0 aliphatic heterocycles. The number of benzene rings is 2. The maximum absolute atomic E-state index is 13.0. The van der Waals surface area contributed by atoms with Crippen LogP contribution in [0.4, 0.5) is 5.13 Å². The molecule has 8 heteroatoms. The monoisotopic (exact) mass is 443 g/mol. The Bertz CT molecular complexity index is 1130. The number of hydrogen-bond donors (Lipinski definition) is 0. The van der Waals surface area contributed by atoms with Crippen LogP contribution >= 0.6 is 34.5 Å². The van der Waals surface area contributed by atoms with E-state index >= 15 is 0 Å². The molecular weight excluding hydrogens is 429 g/mol. The molecular formula is C21H15Cl2N3O2S. The molecule has 0 saturated carbocycles. The van der Waals surface area contributed by atoms with E-state index in [1.807, 2.05) is 24.3 Å². The number of thiazole rings is 1. The average molecular weight is 444 g/mol. The van der Waals surface area contributed by atoms with Crippen LogP contribution in [0.15, 0.2) is 67.0 Å². The molecule has 2 aromatic heterocycles. The zero-order chi connectivity index (χ0) is 20.2. The summed E-state index contributed by atoms with van der Waals surface area (Å²) >= 11 is 13.4. The highest BCUT2D eigenvalue weighted by Crippen LogP contribution is 2.31. The first-order valence-electron chi connectivity index (χ1n) is 8.72. The number of amides is 1. The van der Waals surface area contributed by atoms with Crippen molar-refractivity contribution in [1.82, 2.24) is 9.97 Å². The van der Waals surface area contributed by atoms with Gasteiger partial charge in [0.25, 0.3) is 5.91 Å². The quantitative estimate of drug-likeness (QED) is 0.388. The molecule has 0 radical (unpaired) electrons. The number of carbonyl (C=O) groups is 1. The van der Waals surface area contributed by atoms with Crippen LogP contribution in [-0.2, 0) is 11.3 Å². The Morgan fingerprint density at radius 3 is 2.62 bits per heavy atom. The van der Waals surface area contributed by atoms with Gasteiger partial charge in [-0.2, -0.15) is 0 Å².